The number of thiazole rings is 1. The van der Waals surface area contributed by atoms with Crippen LogP contribution in [0, 0.1) is 11.6 Å². The first-order valence-corrected chi connectivity index (χ1v) is 7.84. The fourth-order valence-corrected chi connectivity index (χ4v) is 2.62. The molecule has 0 bridgehead atoms. The van der Waals surface area contributed by atoms with Gasteiger partial charge in [0.15, 0.2) is 16.8 Å². The SMILES string of the molecule is O=C(NCc1cccnc1)c1csc(Nc2ccc(F)c(F)c2)n1. The Kier molecular flexibility index (Phi) is 4.76. The van der Waals surface area contributed by atoms with E-state index in [4.69, 9.17) is 0 Å². The molecule has 0 fully saturated rings. The average molecular weight is 346 g/mol. The van der Waals surface area contributed by atoms with Crippen LogP contribution in [0.3, 0.4) is 0 Å². The van der Waals surface area contributed by atoms with Gasteiger partial charge in [-0.25, -0.2) is 13.8 Å². The van der Waals surface area contributed by atoms with Gasteiger partial charge >= 0.3 is 0 Å². The van der Waals surface area contributed by atoms with Crippen molar-refractivity contribution >= 4 is 28.1 Å². The van der Waals surface area contributed by atoms with Crippen molar-refractivity contribution in [2.45, 2.75) is 6.54 Å². The summed E-state index contributed by atoms with van der Waals surface area (Å²) in [6.45, 7) is 0.343. The summed E-state index contributed by atoms with van der Waals surface area (Å²) >= 11 is 1.19. The number of hydrogen-bond acceptors (Lipinski definition) is 5. The van der Waals surface area contributed by atoms with E-state index in [0.717, 1.165) is 17.7 Å². The number of amides is 1. The van der Waals surface area contributed by atoms with E-state index < -0.39 is 11.6 Å². The molecule has 122 valence electrons. The van der Waals surface area contributed by atoms with Gasteiger partial charge in [-0.1, -0.05) is 6.07 Å². The predicted octanol–water partition coefficient (Wildman–Crippen LogP) is 3.49. The fraction of sp³-hybridized carbons (Fsp3) is 0.0625. The average Bonchev–Trinajstić information content (AvgIpc) is 3.05. The minimum absolute atomic E-state index is 0.244. The topological polar surface area (TPSA) is 66.9 Å². The highest BCUT2D eigenvalue weighted by molar-refractivity contribution is 7.14. The number of carbonyl (C=O) groups excluding carboxylic acids is 1. The molecule has 0 spiro atoms. The molecule has 0 aliphatic rings. The number of anilines is 2. The molecule has 0 aliphatic carbocycles. The van der Waals surface area contributed by atoms with Gasteiger partial charge in [-0.15, -0.1) is 11.3 Å². The van der Waals surface area contributed by atoms with E-state index in [1.54, 1.807) is 23.8 Å². The Morgan fingerprint density at radius 3 is 2.83 bits per heavy atom. The minimum Gasteiger partial charge on any atom is -0.347 e. The van der Waals surface area contributed by atoms with Crippen molar-refractivity contribution in [3.8, 4) is 0 Å². The molecule has 3 rings (SSSR count). The predicted molar refractivity (Wildman–Crippen MR) is 87.2 cm³/mol. The second-order valence-electron chi connectivity index (χ2n) is 4.84. The van der Waals surface area contributed by atoms with Crippen LogP contribution in [0.25, 0.3) is 0 Å². The van der Waals surface area contributed by atoms with Crippen LogP contribution >= 0.6 is 11.3 Å². The van der Waals surface area contributed by atoms with Crippen LogP contribution in [0.1, 0.15) is 16.1 Å². The monoisotopic (exact) mass is 346 g/mol. The second kappa shape index (κ2) is 7.14. The first-order valence-electron chi connectivity index (χ1n) is 6.96. The summed E-state index contributed by atoms with van der Waals surface area (Å²) in [6.07, 6.45) is 3.32. The van der Waals surface area contributed by atoms with E-state index >= 15 is 0 Å². The molecular weight excluding hydrogens is 334 g/mol. The summed E-state index contributed by atoms with van der Waals surface area (Å²) in [7, 11) is 0. The summed E-state index contributed by atoms with van der Waals surface area (Å²) < 4.78 is 26.1. The van der Waals surface area contributed by atoms with E-state index in [2.05, 4.69) is 20.6 Å². The van der Waals surface area contributed by atoms with Gasteiger partial charge in [-0.2, -0.15) is 0 Å². The van der Waals surface area contributed by atoms with E-state index in [9.17, 15) is 13.6 Å². The fourth-order valence-electron chi connectivity index (χ4n) is 1.91. The molecule has 1 amide bonds. The molecule has 0 saturated heterocycles. The Morgan fingerprint density at radius 1 is 1.21 bits per heavy atom. The van der Waals surface area contributed by atoms with Crippen molar-refractivity contribution in [3.63, 3.8) is 0 Å². The smallest absolute Gasteiger partial charge is 0.271 e. The van der Waals surface area contributed by atoms with E-state index in [0.29, 0.717) is 17.4 Å². The Morgan fingerprint density at radius 2 is 2.08 bits per heavy atom. The standard InChI is InChI=1S/C16H12F2N4OS/c17-12-4-3-11(6-13(12)18)21-16-22-14(9-24-16)15(23)20-8-10-2-1-5-19-7-10/h1-7,9H,8H2,(H,20,23)(H,21,22). The molecule has 5 nitrogen and oxygen atoms in total. The van der Waals surface area contributed by atoms with Crippen molar-refractivity contribution in [1.82, 2.24) is 15.3 Å². The van der Waals surface area contributed by atoms with Crippen LogP contribution < -0.4 is 10.6 Å². The van der Waals surface area contributed by atoms with Crippen LogP contribution in [0.15, 0.2) is 48.1 Å². The van der Waals surface area contributed by atoms with Gasteiger partial charge in [0, 0.05) is 36.1 Å². The third-order valence-corrected chi connectivity index (χ3v) is 3.84. The highest BCUT2D eigenvalue weighted by Gasteiger charge is 2.11. The zero-order valence-electron chi connectivity index (χ0n) is 12.3. The number of halogens is 2. The number of carbonyl (C=O) groups is 1. The quantitative estimate of drug-likeness (QED) is 0.742. The van der Waals surface area contributed by atoms with Crippen molar-refractivity contribution in [2.75, 3.05) is 5.32 Å². The molecule has 1 aromatic carbocycles. The van der Waals surface area contributed by atoms with Crippen molar-refractivity contribution in [3.05, 3.63) is 71.0 Å². The van der Waals surface area contributed by atoms with E-state index in [1.165, 1.54) is 17.4 Å². The summed E-state index contributed by atoms with van der Waals surface area (Å²) in [6, 6.07) is 7.08. The largest absolute Gasteiger partial charge is 0.347 e. The summed E-state index contributed by atoms with van der Waals surface area (Å²) in [5, 5.41) is 7.56. The van der Waals surface area contributed by atoms with Gasteiger partial charge in [0.1, 0.15) is 5.69 Å². The van der Waals surface area contributed by atoms with Crippen molar-refractivity contribution < 1.29 is 13.6 Å². The van der Waals surface area contributed by atoms with Gasteiger partial charge in [-0.3, -0.25) is 9.78 Å². The molecule has 0 saturated carbocycles. The van der Waals surface area contributed by atoms with E-state index in [-0.39, 0.29) is 11.6 Å². The molecule has 2 heterocycles. The van der Waals surface area contributed by atoms with Gasteiger partial charge in [0.2, 0.25) is 0 Å². The number of pyridine rings is 1. The van der Waals surface area contributed by atoms with Gasteiger partial charge in [0.05, 0.1) is 0 Å². The Labute approximate surface area is 140 Å². The number of rotatable bonds is 5. The first-order chi connectivity index (χ1) is 11.6. The van der Waals surface area contributed by atoms with Gasteiger partial charge < -0.3 is 10.6 Å². The number of benzene rings is 1. The molecule has 24 heavy (non-hydrogen) atoms. The second-order valence-corrected chi connectivity index (χ2v) is 5.69. The summed E-state index contributed by atoms with van der Waals surface area (Å²) in [5.41, 5.74) is 1.47. The van der Waals surface area contributed by atoms with E-state index in [1.807, 2.05) is 6.07 Å². The lowest BCUT2D eigenvalue weighted by molar-refractivity contribution is 0.0946. The molecule has 2 aromatic heterocycles. The van der Waals surface area contributed by atoms with Crippen LogP contribution in [-0.2, 0) is 6.54 Å². The Bertz CT molecular complexity index is 854. The number of hydrogen-bond donors (Lipinski definition) is 2. The highest BCUT2D eigenvalue weighted by Crippen LogP contribution is 2.22. The lowest BCUT2D eigenvalue weighted by Crippen LogP contribution is -2.23. The number of nitrogens with zero attached hydrogens (tertiary/aromatic N) is 2. The lowest BCUT2D eigenvalue weighted by atomic mass is 10.3. The number of nitrogens with one attached hydrogen (secondary N) is 2. The van der Waals surface area contributed by atoms with Gasteiger partial charge in [0.25, 0.3) is 5.91 Å². The van der Waals surface area contributed by atoms with Crippen LogP contribution in [-0.4, -0.2) is 15.9 Å². The third-order valence-electron chi connectivity index (χ3n) is 3.08. The molecule has 0 atom stereocenters. The maximum Gasteiger partial charge on any atom is 0.271 e. The summed E-state index contributed by atoms with van der Waals surface area (Å²) in [5.74, 6) is -2.20. The van der Waals surface area contributed by atoms with Crippen molar-refractivity contribution in [1.29, 1.82) is 0 Å². The molecule has 3 aromatic rings. The molecular formula is C16H12F2N4OS. The molecule has 0 unspecified atom stereocenters. The number of aromatic nitrogens is 2. The lowest BCUT2D eigenvalue weighted by Gasteiger charge is -2.03. The molecule has 2 N–H and O–H groups in total. The zero-order chi connectivity index (χ0) is 16.9. The van der Waals surface area contributed by atoms with Crippen molar-refractivity contribution in [2.24, 2.45) is 0 Å². The Hall–Kier alpha value is -2.87. The first kappa shape index (κ1) is 16.0. The minimum atomic E-state index is -0.953. The Balaban J connectivity index is 1.62. The van der Waals surface area contributed by atoms with Gasteiger partial charge in [-0.05, 0) is 23.8 Å². The molecule has 8 heteroatoms. The molecule has 0 aliphatic heterocycles. The zero-order valence-corrected chi connectivity index (χ0v) is 13.1. The van der Waals surface area contributed by atoms with Crippen LogP contribution in [0.5, 0.6) is 0 Å². The summed E-state index contributed by atoms with van der Waals surface area (Å²) in [4.78, 5) is 20.2. The highest BCUT2D eigenvalue weighted by atomic mass is 32.1. The van der Waals surface area contributed by atoms with Crippen LogP contribution in [0.2, 0.25) is 0 Å². The van der Waals surface area contributed by atoms with Crippen LogP contribution in [0.4, 0.5) is 19.6 Å². The third kappa shape index (κ3) is 3.90. The maximum atomic E-state index is 13.2. The maximum absolute atomic E-state index is 13.2. The normalized spacial score (nSPS) is 10.4. The molecule has 0 radical (unpaired) electrons.